The van der Waals surface area contributed by atoms with E-state index in [4.69, 9.17) is 16.3 Å². The molecular formula is C20H21ClN2O3. The molecule has 2 aromatic carbocycles. The molecule has 2 amide bonds. The monoisotopic (exact) mass is 372 g/mol. The van der Waals surface area contributed by atoms with Crippen LogP contribution in [0.1, 0.15) is 17.5 Å². The summed E-state index contributed by atoms with van der Waals surface area (Å²) >= 11 is 6.17. The molecule has 26 heavy (non-hydrogen) atoms. The number of hydrogen-bond acceptors (Lipinski definition) is 3. The Morgan fingerprint density at radius 2 is 1.88 bits per heavy atom. The first-order valence-electron chi connectivity index (χ1n) is 8.49. The van der Waals surface area contributed by atoms with Crippen LogP contribution in [0.5, 0.6) is 5.75 Å². The zero-order valence-corrected chi connectivity index (χ0v) is 15.3. The second-order valence-corrected chi connectivity index (χ2v) is 6.70. The Labute approximate surface area is 157 Å². The molecule has 0 unspecified atom stereocenters. The lowest BCUT2D eigenvalue weighted by molar-refractivity contribution is -0.129. The molecule has 3 rings (SSSR count). The van der Waals surface area contributed by atoms with E-state index in [0.717, 1.165) is 16.9 Å². The molecule has 1 heterocycles. The summed E-state index contributed by atoms with van der Waals surface area (Å²) in [5.74, 6) is 0.239. The quantitative estimate of drug-likeness (QED) is 0.848. The summed E-state index contributed by atoms with van der Waals surface area (Å²) in [4.78, 5) is 26.4. The lowest BCUT2D eigenvalue weighted by Crippen LogP contribution is -2.32. The summed E-state index contributed by atoms with van der Waals surface area (Å²) in [6.45, 7) is 1.20. The van der Waals surface area contributed by atoms with E-state index in [2.05, 4.69) is 5.32 Å². The van der Waals surface area contributed by atoms with Crippen LogP contribution in [0.25, 0.3) is 0 Å². The number of likely N-dealkylation sites (tertiary alicyclic amines) is 1. The van der Waals surface area contributed by atoms with Crippen molar-refractivity contribution in [1.82, 2.24) is 10.2 Å². The number of carbonyl (C=O) groups is 2. The first kappa shape index (κ1) is 18.3. The first-order chi connectivity index (χ1) is 12.6. The Kier molecular flexibility index (Phi) is 5.78. The first-order valence-corrected chi connectivity index (χ1v) is 8.87. The minimum absolute atomic E-state index is 0.0256. The van der Waals surface area contributed by atoms with Crippen LogP contribution >= 0.6 is 11.6 Å². The minimum Gasteiger partial charge on any atom is -0.496 e. The van der Waals surface area contributed by atoms with Gasteiger partial charge in [-0.05, 0) is 17.7 Å². The number of hydrogen-bond donors (Lipinski definition) is 1. The molecule has 1 N–H and O–H groups in total. The normalized spacial score (nSPS) is 16.6. The van der Waals surface area contributed by atoms with Crippen molar-refractivity contribution in [2.24, 2.45) is 5.92 Å². The van der Waals surface area contributed by atoms with Crippen molar-refractivity contribution in [3.63, 3.8) is 0 Å². The number of carbonyl (C=O) groups excluding carboxylic acids is 2. The number of ether oxygens (including phenoxy) is 1. The summed E-state index contributed by atoms with van der Waals surface area (Å²) in [6.07, 6.45) is 0.224. The maximum absolute atomic E-state index is 12.5. The molecule has 0 radical (unpaired) electrons. The van der Waals surface area contributed by atoms with Gasteiger partial charge < -0.3 is 15.0 Å². The lowest BCUT2D eigenvalue weighted by Gasteiger charge is -2.17. The fraction of sp³-hybridized carbons (Fsp3) is 0.300. The largest absolute Gasteiger partial charge is 0.496 e. The van der Waals surface area contributed by atoms with Gasteiger partial charge in [-0.25, -0.2) is 0 Å². The summed E-state index contributed by atoms with van der Waals surface area (Å²) in [7, 11) is 1.60. The predicted octanol–water partition coefficient (Wildman–Crippen LogP) is 3.01. The van der Waals surface area contributed by atoms with E-state index in [-0.39, 0.29) is 24.2 Å². The van der Waals surface area contributed by atoms with E-state index in [1.807, 2.05) is 42.5 Å². The Balaban J connectivity index is 1.58. The van der Waals surface area contributed by atoms with Crippen LogP contribution in [0.4, 0.5) is 0 Å². The molecule has 0 aromatic heterocycles. The van der Waals surface area contributed by atoms with Crippen LogP contribution in [0, 0.1) is 5.92 Å². The number of amides is 2. The Bertz CT molecular complexity index is 809. The third-order valence-corrected chi connectivity index (χ3v) is 4.92. The summed E-state index contributed by atoms with van der Waals surface area (Å²) < 4.78 is 5.29. The molecule has 1 saturated heterocycles. The van der Waals surface area contributed by atoms with Crippen LogP contribution in [-0.2, 0) is 22.7 Å². The fourth-order valence-electron chi connectivity index (χ4n) is 3.11. The van der Waals surface area contributed by atoms with Gasteiger partial charge >= 0.3 is 0 Å². The average Bonchev–Trinajstić information content (AvgIpc) is 3.02. The molecule has 1 aliphatic heterocycles. The van der Waals surface area contributed by atoms with E-state index in [0.29, 0.717) is 24.7 Å². The maximum atomic E-state index is 12.5. The molecule has 0 spiro atoms. The Morgan fingerprint density at radius 3 is 2.62 bits per heavy atom. The second-order valence-electron chi connectivity index (χ2n) is 6.30. The maximum Gasteiger partial charge on any atom is 0.225 e. The van der Waals surface area contributed by atoms with Crippen molar-refractivity contribution in [3.05, 3.63) is 64.7 Å². The second kappa shape index (κ2) is 8.23. The number of nitrogens with zero attached hydrogens (tertiary/aromatic N) is 1. The predicted molar refractivity (Wildman–Crippen MR) is 99.8 cm³/mol. The molecule has 136 valence electrons. The highest BCUT2D eigenvalue weighted by Crippen LogP contribution is 2.24. The number of para-hydroxylation sites is 1. The molecule has 2 aromatic rings. The molecule has 0 saturated carbocycles. The smallest absolute Gasteiger partial charge is 0.225 e. The van der Waals surface area contributed by atoms with Gasteiger partial charge in [-0.15, -0.1) is 0 Å². The van der Waals surface area contributed by atoms with Gasteiger partial charge in [0.2, 0.25) is 11.8 Å². The van der Waals surface area contributed by atoms with Gasteiger partial charge in [0, 0.05) is 36.6 Å². The van der Waals surface area contributed by atoms with Gasteiger partial charge in [0.15, 0.2) is 0 Å². The zero-order valence-electron chi connectivity index (χ0n) is 14.6. The third-order valence-electron chi connectivity index (χ3n) is 4.55. The fourth-order valence-corrected chi connectivity index (χ4v) is 3.30. The van der Waals surface area contributed by atoms with Crippen molar-refractivity contribution in [1.29, 1.82) is 0 Å². The van der Waals surface area contributed by atoms with Crippen molar-refractivity contribution in [2.75, 3.05) is 13.7 Å². The van der Waals surface area contributed by atoms with E-state index in [9.17, 15) is 9.59 Å². The zero-order chi connectivity index (χ0) is 18.5. The summed E-state index contributed by atoms with van der Waals surface area (Å²) in [5, 5.41) is 3.54. The van der Waals surface area contributed by atoms with Gasteiger partial charge in [0.05, 0.1) is 13.0 Å². The highest BCUT2D eigenvalue weighted by atomic mass is 35.5. The number of halogens is 1. The van der Waals surface area contributed by atoms with E-state index < -0.39 is 0 Å². The number of nitrogens with one attached hydrogen (secondary N) is 1. The third kappa shape index (κ3) is 4.17. The molecule has 0 aliphatic carbocycles. The van der Waals surface area contributed by atoms with Crippen LogP contribution in [0.2, 0.25) is 5.02 Å². The van der Waals surface area contributed by atoms with Gasteiger partial charge in [-0.3, -0.25) is 9.59 Å². The highest BCUT2D eigenvalue weighted by molar-refractivity contribution is 6.31. The van der Waals surface area contributed by atoms with Gasteiger partial charge in [0.25, 0.3) is 0 Å². The number of benzene rings is 2. The summed E-state index contributed by atoms with van der Waals surface area (Å²) in [6, 6.07) is 15.0. The van der Waals surface area contributed by atoms with E-state index in [1.165, 1.54) is 0 Å². The highest BCUT2D eigenvalue weighted by Gasteiger charge is 2.34. The summed E-state index contributed by atoms with van der Waals surface area (Å²) in [5.41, 5.74) is 1.79. The van der Waals surface area contributed by atoms with Gasteiger partial charge in [-0.2, -0.15) is 0 Å². The number of methoxy groups -OCH3 is 1. The van der Waals surface area contributed by atoms with Crippen LogP contribution in [0.3, 0.4) is 0 Å². The lowest BCUT2D eigenvalue weighted by atomic mass is 10.1. The minimum atomic E-state index is -0.348. The van der Waals surface area contributed by atoms with Crippen molar-refractivity contribution in [3.8, 4) is 5.75 Å². The van der Waals surface area contributed by atoms with E-state index >= 15 is 0 Å². The average molecular weight is 373 g/mol. The van der Waals surface area contributed by atoms with Crippen LogP contribution < -0.4 is 10.1 Å². The van der Waals surface area contributed by atoms with Gasteiger partial charge in [0.1, 0.15) is 5.75 Å². The Morgan fingerprint density at radius 1 is 1.19 bits per heavy atom. The SMILES string of the molecule is COc1ccccc1CNC(=O)[C@@H]1CC(=O)N(Cc2ccccc2Cl)C1. The van der Waals surface area contributed by atoms with Crippen LogP contribution in [0.15, 0.2) is 48.5 Å². The standard InChI is InChI=1S/C20H21ClN2O3/c1-26-18-9-5-3-6-14(18)11-22-20(25)16-10-19(24)23(13-16)12-15-7-2-4-8-17(15)21/h2-9,16H,10-13H2,1H3,(H,22,25)/t16-/m1/s1. The molecule has 6 heteroatoms. The number of rotatable bonds is 6. The Hall–Kier alpha value is -2.53. The molecule has 1 aliphatic rings. The topological polar surface area (TPSA) is 58.6 Å². The van der Waals surface area contributed by atoms with E-state index in [1.54, 1.807) is 18.1 Å². The van der Waals surface area contributed by atoms with Crippen molar-refractivity contribution < 1.29 is 14.3 Å². The van der Waals surface area contributed by atoms with Gasteiger partial charge in [-0.1, -0.05) is 48.0 Å². The molecule has 0 bridgehead atoms. The molecule has 5 nitrogen and oxygen atoms in total. The van der Waals surface area contributed by atoms with Crippen LogP contribution in [-0.4, -0.2) is 30.4 Å². The molecular weight excluding hydrogens is 352 g/mol. The van der Waals surface area contributed by atoms with Crippen molar-refractivity contribution in [2.45, 2.75) is 19.5 Å². The van der Waals surface area contributed by atoms with Crippen molar-refractivity contribution >= 4 is 23.4 Å². The molecule has 1 atom stereocenters. The molecule has 1 fully saturated rings.